The maximum Gasteiger partial charge on any atom is 0.128 e. The minimum atomic E-state index is -0.607. The van der Waals surface area contributed by atoms with Crippen LogP contribution < -0.4 is 4.74 Å². The van der Waals surface area contributed by atoms with Crippen LogP contribution in [0, 0.1) is 0 Å². The zero-order chi connectivity index (χ0) is 20.6. The Hall–Kier alpha value is -3.21. The Labute approximate surface area is 177 Å². The number of hydrogen-bond acceptors (Lipinski definition) is 4. The smallest absolute Gasteiger partial charge is 0.128 e. The lowest BCUT2D eigenvalue weighted by Gasteiger charge is -2.25. The summed E-state index contributed by atoms with van der Waals surface area (Å²) >= 11 is 0. The van der Waals surface area contributed by atoms with Crippen LogP contribution in [0.5, 0.6) is 5.75 Å². The number of nitrogens with zero attached hydrogens (tertiary/aromatic N) is 2. The Kier molecular flexibility index (Phi) is 6.70. The van der Waals surface area contributed by atoms with Gasteiger partial charge < -0.3 is 9.84 Å². The second-order valence-electron chi connectivity index (χ2n) is 7.43. The van der Waals surface area contributed by atoms with Gasteiger partial charge in [-0.25, -0.2) is 0 Å². The van der Waals surface area contributed by atoms with E-state index in [1.165, 1.54) is 11.1 Å². The van der Waals surface area contributed by atoms with Gasteiger partial charge in [-0.05, 0) is 35.4 Å². The fraction of sp³-hybridized carbons (Fsp3) is 0.192. The Morgan fingerprint density at radius 2 is 1.43 bits per heavy atom. The maximum atomic E-state index is 10.7. The van der Waals surface area contributed by atoms with Crippen molar-refractivity contribution in [2.75, 3.05) is 13.2 Å². The molecule has 0 aliphatic carbocycles. The van der Waals surface area contributed by atoms with Crippen LogP contribution in [-0.4, -0.2) is 34.2 Å². The number of hydrogen-bond donors (Lipinski definition) is 1. The largest absolute Gasteiger partial charge is 0.490 e. The van der Waals surface area contributed by atoms with E-state index in [0.29, 0.717) is 6.54 Å². The molecular formula is C26H26N2O2. The average Bonchev–Trinajstić information content (AvgIpc) is 2.79. The lowest BCUT2D eigenvalue weighted by atomic mass is 10.1. The van der Waals surface area contributed by atoms with Gasteiger partial charge in [-0.15, -0.1) is 0 Å². The molecule has 1 aromatic heterocycles. The minimum Gasteiger partial charge on any atom is -0.490 e. The second-order valence-corrected chi connectivity index (χ2v) is 7.43. The van der Waals surface area contributed by atoms with E-state index in [1.807, 2.05) is 66.7 Å². The normalized spacial score (nSPS) is 12.2. The zero-order valence-electron chi connectivity index (χ0n) is 16.9. The van der Waals surface area contributed by atoms with E-state index in [4.69, 9.17) is 4.74 Å². The molecule has 4 nitrogen and oxygen atoms in total. The molecular weight excluding hydrogens is 372 g/mol. The highest BCUT2D eigenvalue weighted by atomic mass is 16.5. The third-order valence-corrected chi connectivity index (χ3v) is 5.00. The van der Waals surface area contributed by atoms with Gasteiger partial charge in [0.2, 0.25) is 0 Å². The molecule has 0 unspecified atom stereocenters. The van der Waals surface area contributed by atoms with E-state index in [1.54, 1.807) is 6.20 Å². The molecule has 0 aliphatic heterocycles. The van der Waals surface area contributed by atoms with Gasteiger partial charge in [-0.3, -0.25) is 9.88 Å². The van der Waals surface area contributed by atoms with Crippen molar-refractivity contribution in [1.82, 2.24) is 9.88 Å². The van der Waals surface area contributed by atoms with Crippen LogP contribution in [0.3, 0.4) is 0 Å². The molecule has 0 radical (unpaired) electrons. The summed E-state index contributed by atoms with van der Waals surface area (Å²) in [6.07, 6.45) is 1.16. The zero-order valence-corrected chi connectivity index (χ0v) is 16.9. The summed E-state index contributed by atoms with van der Waals surface area (Å²) in [6, 6.07) is 30.4. The van der Waals surface area contributed by atoms with Crippen molar-refractivity contribution in [1.29, 1.82) is 0 Å². The van der Waals surface area contributed by atoms with Crippen LogP contribution in [0.1, 0.15) is 11.1 Å². The molecule has 3 aromatic carbocycles. The molecule has 0 bridgehead atoms. The lowest BCUT2D eigenvalue weighted by molar-refractivity contribution is 0.0633. The topological polar surface area (TPSA) is 45.6 Å². The second kappa shape index (κ2) is 10.0. The SMILES string of the molecule is O[C@@H](COc1cccc2ncccc12)CN(Cc1ccccc1)Cc1ccccc1. The Bertz CT molecular complexity index is 1010. The van der Waals surface area contributed by atoms with Gasteiger partial charge in [0.25, 0.3) is 0 Å². The number of pyridine rings is 1. The van der Waals surface area contributed by atoms with E-state index < -0.39 is 6.10 Å². The molecule has 0 saturated heterocycles. The van der Waals surface area contributed by atoms with Gasteiger partial charge in [0.1, 0.15) is 18.5 Å². The van der Waals surface area contributed by atoms with Crippen molar-refractivity contribution >= 4 is 10.9 Å². The molecule has 4 aromatic rings. The number of aliphatic hydroxyl groups is 1. The number of rotatable bonds is 9. The predicted octanol–water partition coefficient (Wildman–Crippen LogP) is 4.68. The summed E-state index contributed by atoms with van der Waals surface area (Å²) in [7, 11) is 0. The summed E-state index contributed by atoms with van der Waals surface area (Å²) < 4.78 is 5.97. The summed E-state index contributed by atoms with van der Waals surface area (Å²) in [5.74, 6) is 0.748. The standard InChI is InChI=1S/C26H26N2O2/c29-23(20-30-26-15-7-14-25-24(26)13-8-16-27-25)19-28(17-21-9-3-1-4-10-21)18-22-11-5-2-6-12-22/h1-16,23,29H,17-20H2/t23-/m1/s1. The highest BCUT2D eigenvalue weighted by Crippen LogP contribution is 2.23. The van der Waals surface area contributed by atoms with Crippen LogP contribution in [-0.2, 0) is 13.1 Å². The van der Waals surface area contributed by atoms with E-state index in [2.05, 4.69) is 34.1 Å². The monoisotopic (exact) mass is 398 g/mol. The van der Waals surface area contributed by atoms with Crippen molar-refractivity contribution < 1.29 is 9.84 Å². The number of fused-ring (bicyclic) bond motifs is 1. The Morgan fingerprint density at radius 1 is 0.767 bits per heavy atom. The van der Waals surface area contributed by atoms with Crippen molar-refractivity contribution in [2.45, 2.75) is 19.2 Å². The molecule has 0 amide bonds. The number of aromatic nitrogens is 1. The van der Waals surface area contributed by atoms with Crippen LogP contribution in [0.25, 0.3) is 10.9 Å². The average molecular weight is 399 g/mol. The maximum absolute atomic E-state index is 10.7. The molecule has 1 atom stereocenters. The molecule has 0 aliphatic rings. The van der Waals surface area contributed by atoms with Gasteiger partial charge in [0.15, 0.2) is 0 Å². The van der Waals surface area contributed by atoms with Crippen molar-refractivity contribution in [2.24, 2.45) is 0 Å². The summed E-state index contributed by atoms with van der Waals surface area (Å²) in [4.78, 5) is 6.61. The quantitative estimate of drug-likeness (QED) is 0.445. The molecule has 1 heterocycles. The molecule has 0 spiro atoms. The number of benzene rings is 3. The third kappa shape index (κ3) is 5.44. The Morgan fingerprint density at radius 3 is 2.10 bits per heavy atom. The fourth-order valence-corrected chi connectivity index (χ4v) is 3.61. The van der Waals surface area contributed by atoms with Crippen LogP contribution in [0.4, 0.5) is 0 Å². The molecule has 0 saturated carbocycles. The molecule has 0 fully saturated rings. The first-order valence-corrected chi connectivity index (χ1v) is 10.2. The summed E-state index contributed by atoms with van der Waals surface area (Å²) in [5.41, 5.74) is 3.34. The van der Waals surface area contributed by atoms with Crippen LogP contribution >= 0.6 is 0 Å². The van der Waals surface area contributed by atoms with Crippen molar-refractivity contribution in [3.8, 4) is 5.75 Å². The van der Waals surface area contributed by atoms with Gasteiger partial charge in [-0.2, -0.15) is 0 Å². The molecule has 4 rings (SSSR count). The third-order valence-electron chi connectivity index (χ3n) is 5.00. The summed E-state index contributed by atoms with van der Waals surface area (Å²) in [5, 5.41) is 11.7. The molecule has 4 heteroatoms. The summed E-state index contributed by atoms with van der Waals surface area (Å²) in [6.45, 7) is 2.29. The predicted molar refractivity (Wildman–Crippen MR) is 120 cm³/mol. The number of ether oxygens (including phenoxy) is 1. The molecule has 30 heavy (non-hydrogen) atoms. The van der Waals surface area contributed by atoms with Crippen molar-refractivity contribution in [3.05, 3.63) is 108 Å². The first-order valence-electron chi connectivity index (χ1n) is 10.2. The van der Waals surface area contributed by atoms with Crippen LogP contribution in [0.2, 0.25) is 0 Å². The minimum absolute atomic E-state index is 0.230. The van der Waals surface area contributed by atoms with E-state index >= 15 is 0 Å². The van der Waals surface area contributed by atoms with Crippen LogP contribution in [0.15, 0.2) is 97.2 Å². The first-order chi connectivity index (χ1) is 14.8. The fourth-order valence-electron chi connectivity index (χ4n) is 3.61. The van der Waals surface area contributed by atoms with Gasteiger partial charge in [-0.1, -0.05) is 66.7 Å². The van der Waals surface area contributed by atoms with E-state index in [-0.39, 0.29) is 6.61 Å². The molecule has 1 N–H and O–H groups in total. The van der Waals surface area contributed by atoms with Crippen molar-refractivity contribution in [3.63, 3.8) is 0 Å². The molecule has 152 valence electrons. The highest BCUT2D eigenvalue weighted by molar-refractivity contribution is 5.84. The highest BCUT2D eigenvalue weighted by Gasteiger charge is 2.14. The van der Waals surface area contributed by atoms with E-state index in [0.717, 1.165) is 29.7 Å². The van der Waals surface area contributed by atoms with Gasteiger partial charge in [0, 0.05) is 31.2 Å². The first kappa shape index (κ1) is 20.1. The number of aliphatic hydroxyl groups excluding tert-OH is 1. The van der Waals surface area contributed by atoms with Gasteiger partial charge >= 0.3 is 0 Å². The Balaban J connectivity index is 1.42. The lowest BCUT2D eigenvalue weighted by Crippen LogP contribution is -2.35. The van der Waals surface area contributed by atoms with Gasteiger partial charge in [0.05, 0.1) is 5.52 Å². The van der Waals surface area contributed by atoms with E-state index in [9.17, 15) is 5.11 Å².